The zero-order chi connectivity index (χ0) is 17.4. The number of hydrogen-bond acceptors (Lipinski definition) is 4. The van der Waals surface area contributed by atoms with E-state index in [4.69, 9.17) is 4.52 Å². The van der Waals surface area contributed by atoms with Gasteiger partial charge in [-0.15, -0.1) is 0 Å². The van der Waals surface area contributed by atoms with E-state index in [1.54, 1.807) is 0 Å². The molecule has 1 aliphatic rings. The normalized spacial score (nSPS) is 19.7. The zero-order valence-corrected chi connectivity index (χ0v) is 15.6. The molecule has 1 atom stereocenters. The Hall–Kier alpha value is -1.56. The van der Waals surface area contributed by atoms with Crippen LogP contribution in [0.2, 0.25) is 0 Å². The van der Waals surface area contributed by atoms with E-state index in [-0.39, 0.29) is 0 Å². The highest BCUT2D eigenvalue weighted by Gasteiger charge is 2.20. The number of guanidine groups is 1. The van der Waals surface area contributed by atoms with Gasteiger partial charge in [0.1, 0.15) is 6.54 Å². The summed E-state index contributed by atoms with van der Waals surface area (Å²) >= 11 is 0. The summed E-state index contributed by atoms with van der Waals surface area (Å²) in [4.78, 5) is 7.19. The van der Waals surface area contributed by atoms with E-state index >= 15 is 0 Å². The van der Waals surface area contributed by atoms with Gasteiger partial charge >= 0.3 is 0 Å². The second-order valence-electron chi connectivity index (χ2n) is 6.73. The Kier molecular flexibility index (Phi) is 7.56. The summed E-state index contributed by atoms with van der Waals surface area (Å²) in [5, 5.41) is 10.9. The zero-order valence-electron chi connectivity index (χ0n) is 15.6. The first kappa shape index (κ1) is 18.8. The molecule has 1 aromatic rings. The second-order valence-corrected chi connectivity index (χ2v) is 6.73. The fraction of sp³-hybridized carbons (Fsp3) is 0.778. The maximum Gasteiger partial charge on any atom is 0.191 e. The van der Waals surface area contributed by atoms with E-state index in [9.17, 15) is 0 Å². The van der Waals surface area contributed by atoms with Gasteiger partial charge in [0.25, 0.3) is 0 Å². The molecule has 0 spiro atoms. The number of hydrogen-bond donors (Lipinski definition) is 2. The Morgan fingerprint density at radius 1 is 1.38 bits per heavy atom. The van der Waals surface area contributed by atoms with Gasteiger partial charge in [0.2, 0.25) is 0 Å². The predicted molar refractivity (Wildman–Crippen MR) is 98.3 cm³/mol. The second kappa shape index (κ2) is 9.67. The lowest BCUT2D eigenvalue weighted by Crippen LogP contribution is -2.49. The van der Waals surface area contributed by atoms with Gasteiger partial charge in [-0.1, -0.05) is 32.3 Å². The Balaban J connectivity index is 1.89. The van der Waals surface area contributed by atoms with Crippen LogP contribution in [0, 0.1) is 0 Å². The van der Waals surface area contributed by atoms with Crippen molar-refractivity contribution >= 4 is 5.96 Å². The molecule has 1 aromatic heterocycles. The maximum absolute atomic E-state index is 5.36. The summed E-state index contributed by atoms with van der Waals surface area (Å²) < 4.78 is 5.36. The molecule has 1 fully saturated rings. The lowest BCUT2D eigenvalue weighted by molar-refractivity contribution is 0.157. The van der Waals surface area contributed by atoms with Crippen molar-refractivity contribution in [1.29, 1.82) is 0 Å². The molecule has 6 heteroatoms. The molecule has 0 radical (unpaired) electrons. The van der Waals surface area contributed by atoms with Crippen LogP contribution in [-0.4, -0.2) is 48.2 Å². The summed E-state index contributed by atoms with van der Waals surface area (Å²) in [5.74, 6) is 2.04. The number of aromatic nitrogens is 1. The van der Waals surface area contributed by atoms with Crippen LogP contribution in [0.1, 0.15) is 64.3 Å². The SMILES string of the molecule is CCNC(=NCc1cc(C(C)C)no1)NCC1CCCCN1CC. The van der Waals surface area contributed by atoms with E-state index in [0.717, 1.165) is 37.0 Å². The van der Waals surface area contributed by atoms with Gasteiger partial charge < -0.3 is 15.2 Å². The van der Waals surface area contributed by atoms with Crippen LogP contribution in [0.15, 0.2) is 15.6 Å². The summed E-state index contributed by atoms with van der Waals surface area (Å²) in [6, 6.07) is 2.60. The summed E-state index contributed by atoms with van der Waals surface area (Å²) in [5.41, 5.74) is 0.985. The average Bonchev–Trinajstić information content (AvgIpc) is 3.07. The number of piperidine rings is 1. The number of rotatable bonds is 7. The van der Waals surface area contributed by atoms with Crippen LogP contribution in [0.3, 0.4) is 0 Å². The van der Waals surface area contributed by atoms with E-state index in [0.29, 0.717) is 18.5 Å². The Morgan fingerprint density at radius 3 is 2.88 bits per heavy atom. The highest BCUT2D eigenvalue weighted by atomic mass is 16.5. The first-order valence-electron chi connectivity index (χ1n) is 9.35. The highest BCUT2D eigenvalue weighted by Crippen LogP contribution is 2.16. The van der Waals surface area contributed by atoms with Crippen LogP contribution in [-0.2, 0) is 6.54 Å². The van der Waals surface area contributed by atoms with Crippen molar-refractivity contribution in [2.75, 3.05) is 26.2 Å². The summed E-state index contributed by atoms with van der Waals surface area (Å²) in [6.45, 7) is 13.2. The number of aliphatic imine (C=N–C) groups is 1. The third kappa shape index (κ3) is 5.51. The predicted octanol–water partition coefficient (Wildman–Crippen LogP) is 2.73. The van der Waals surface area contributed by atoms with Crippen molar-refractivity contribution in [3.05, 3.63) is 17.5 Å². The van der Waals surface area contributed by atoms with Crippen molar-refractivity contribution in [3.63, 3.8) is 0 Å². The maximum atomic E-state index is 5.36. The molecular formula is C18H33N5O. The Morgan fingerprint density at radius 2 is 2.21 bits per heavy atom. The quantitative estimate of drug-likeness (QED) is 0.592. The van der Waals surface area contributed by atoms with Crippen molar-refractivity contribution in [2.24, 2.45) is 4.99 Å². The van der Waals surface area contributed by atoms with E-state index in [1.807, 2.05) is 6.07 Å². The van der Waals surface area contributed by atoms with Crippen LogP contribution < -0.4 is 10.6 Å². The van der Waals surface area contributed by atoms with Gasteiger partial charge in [-0.3, -0.25) is 4.90 Å². The van der Waals surface area contributed by atoms with Crippen molar-refractivity contribution in [3.8, 4) is 0 Å². The fourth-order valence-electron chi connectivity index (χ4n) is 3.10. The third-order valence-corrected chi connectivity index (χ3v) is 4.57. The van der Waals surface area contributed by atoms with Gasteiger partial charge in [0, 0.05) is 25.2 Å². The lowest BCUT2D eigenvalue weighted by Gasteiger charge is -2.35. The Bertz CT molecular complexity index is 511. The minimum absolute atomic E-state index is 0.379. The molecule has 24 heavy (non-hydrogen) atoms. The highest BCUT2D eigenvalue weighted by molar-refractivity contribution is 5.79. The first-order valence-corrected chi connectivity index (χ1v) is 9.35. The monoisotopic (exact) mass is 335 g/mol. The number of likely N-dealkylation sites (tertiary alicyclic amines) is 1. The molecule has 0 bridgehead atoms. The van der Waals surface area contributed by atoms with Gasteiger partial charge in [-0.25, -0.2) is 4.99 Å². The summed E-state index contributed by atoms with van der Waals surface area (Å²) in [6.07, 6.45) is 3.91. The van der Waals surface area contributed by atoms with E-state index < -0.39 is 0 Å². The molecule has 0 amide bonds. The smallest absolute Gasteiger partial charge is 0.191 e. The van der Waals surface area contributed by atoms with Crippen LogP contribution in [0.5, 0.6) is 0 Å². The molecular weight excluding hydrogens is 302 g/mol. The molecule has 1 aliphatic heterocycles. The van der Waals surface area contributed by atoms with Crippen LogP contribution in [0.25, 0.3) is 0 Å². The van der Waals surface area contributed by atoms with Gasteiger partial charge in [0.15, 0.2) is 11.7 Å². The number of likely N-dealkylation sites (N-methyl/N-ethyl adjacent to an activating group) is 1. The van der Waals surface area contributed by atoms with E-state index in [2.05, 4.69) is 53.4 Å². The van der Waals surface area contributed by atoms with Crippen molar-refractivity contribution in [1.82, 2.24) is 20.7 Å². The van der Waals surface area contributed by atoms with Crippen molar-refractivity contribution in [2.45, 2.75) is 65.5 Å². The van der Waals surface area contributed by atoms with Gasteiger partial charge in [0.05, 0.1) is 5.69 Å². The molecule has 0 saturated carbocycles. The standard InChI is InChI=1S/C18H33N5O/c1-5-19-18(20-12-15-9-7-8-10-23(15)6-2)21-13-16-11-17(14(3)4)22-24-16/h11,14-15H,5-10,12-13H2,1-4H3,(H2,19,20,21). The fourth-order valence-corrected chi connectivity index (χ4v) is 3.10. The van der Waals surface area contributed by atoms with Gasteiger partial charge in [-0.05, 0) is 38.8 Å². The average molecular weight is 335 g/mol. The molecule has 1 unspecified atom stereocenters. The number of nitrogens with one attached hydrogen (secondary N) is 2. The Labute approximate surface area is 146 Å². The molecule has 2 rings (SSSR count). The molecule has 1 saturated heterocycles. The molecule has 0 aliphatic carbocycles. The van der Waals surface area contributed by atoms with Gasteiger partial charge in [-0.2, -0.15) is 0 Å². The molecule has 136 valence electrons. The molecule has 2 heterocycles. The number of nitrogens with zero attached hydrogens (tertiary/aromatic N) is 3. The first-order chi connectivity index (χ1) is 11.6. The lowest BCUT2D eigenvalue weighted by atomic mass is 10.0. The molecule has 6 nitrogen and oxygen atoms in total. The van der Waals surface area contributed by atoms with E-state index in [1.165, 1.54) is 25.8 Å². The van der Waals surface area contributed by atoms with Crippen LogP contribution in [0.4, 0.5) is 0 Å². The van der Waals surface area contributed by atoms with Crippen molar-refractivity contribution < 1.29 is 4.52 Å². The largest absolute Gasteiger partial charge is 0.359 e. The minimum Gasteiger partial charge on any atom is -0.359 e. The minimum atomic E-state index is 0.379. The topological polar surface area (TPSA) is 65.7 Å². The molecule has 2 N–H and O–H groups in total. The van der Waals surface area contributed by atoms with Crippen LogP contribution >= 0.6 is 0 Å². The summed E-state index contributed by atoms with van der Waals surface area (Å²) in [7, 11) is 0. The third-order valence-electron chi connectivity index (χ3n) is 4.57. The molecule has 0 aromatic carbocycles.